The first kappa shape index (κ1) is 20.4. The molecule has 2 heterocycles. The largest absolute Gasteiger partial charge is 0.478 e. The highest BCUT2D eigenvalue weighted by atomic mass is 35.5. The fourth-order valence-electron chi connectivity index (χ4n) is 3.07. The van der Waals surface area contributed by atoms with Crippen molar-refractivity contribution in [2.24, 2.45) is 0 Å². The van der Waals surface area contributed by atoms with Crippen LogP contribution in [-0.4, -0.2) is 39.7 Å². The number of nitrogens with zero attached hydrogens (tertiary/aromatic N) is 3. The first-order chi connectivity index (χ1) is 13.1. The van der Waals surface area contributed by atoms with Crippen molar-refractivity contribution in [1.29, 1.82) is 0 Å². The Morgan fingerprint density at radius 1 is 1.18 bits per heavy atom. The Balaban J connectivity index is 1.59. The number of rotatable bonds is 4. The first-order valence-electron chi connectivity index (χ1n) is 8.71. The van der Waals surface area contributed by atoms with Gasteiger partial charge in [0.15, 0.2) is 5.60 Å². The molecule has 1 aliphatic rings. The molecule has 152 valence electrons. The van der Waals surface area contributed by atoms with Gasteiger partial charge >= 0.3 is 12.1 Å². The minimum absolute atomic E-state index is 0.0453. The predicted molar refractivity (Wildman–Crippen MR) is 94.0 cm³/mol. The van der Waals surface area contributed by atoms with Gasteiger partial charge in [0.05, 0.1) is 0 Å². The molecule has 1 aromatic carbocycles. The molecule has 6 nitrogen and oxygen atoms in total. The van der Waals surface area contributed by atoms with Crippen molar-refractivity contribution in [3.8, 4) is 5.75 Å². The number of alkyl halides is 3. The van der Waals surface area contributed by atoms with Crippen LogP contribution in [0.1, 0.15) is 44.4 Å². The minimum Gasteiger partial charge on any atom is -0.478 e. The lowest BCUT2D eigenvalue weighted by molar-refractivity contribution is -0.157. The summed E-state index contributed by atoms with van der Waals surface area (Å²) >= 11 is 5.85. The maximum Gasteiger partial charge on any atom is 0.470 e. The van der Waals surface area contributed by atoms with Gasteiger partial charge in [0.2, 0.25) is 5.89 Å². The van der Waals surface area contributed by atoms with Crippen molar-refractivity contribution in [2.75, 3.05) is 13.1 Å². The molecule has 0 aliphatic carbocycles. The van der Waals surface area contributed by atoms with E-state index in [1.165, 1.54) is 0 Å². The zero-order chi connectivity index (χ0) is 20.5. The Kier molecular flexibility index (Phi) is 5.56. The zero-order valence-corrected chi connectivity index (χ0v) is 16.0. The third kappa shape index (κ3) is 4.57. The quantitative estimate of drug-likeness (QED) is 0.741. The normalized spacial score (nSPS) is 16.3. The zero-order valence-electron chi connectivity index (χ0n) is 15.3. The van der Waals surface area contributed by atoms with Gasteiger partial charge in [0, 0.05) is 24.0 Å². The first-order valence-corrected chi connectivity index (χ1v) is 9.08. The molecular weight excluding hydrogens is 399 g/mol. The van der Waals surface area contributed by atoms with Gasteiger partial charge in [-0.15, -0.1) is 10.2 Å². The van der Waals surface area contributed by atoms with E-state index in [9.17, 15) is 18.0 Å². The summed E-state index contributed by atoms with van der Waals surface area (Å²) in [7, 11) is 0. The Bertz CT molecular complexity index is 829. The molecule has 0 bridgehead atoms. The minimum atomic E-state index is -4.66. The van der Waals surface area contributed by atoms with Crippen LogP contribution in [0.2, 0.25) is 5.02 Å². The highest BCUT2D eigenvalue weighted by Crippen LogP contribution is 2.33. The van der Waals surface area contributed by atoms with Crippen molar-refractivity contribution < 1.29 is 27.1 Å². The lowest BCUT2D eigenvalue weighted by Crippen LogP contribution is -2.51. The fourth-order valence-corrected chi connectivity index (χ4v) is 3.19. The summed E-state index contributed by atoms with van der Waals surface area (Å²) < 4.78 is 48.4. The molecule has 0 unspecified atom stereocenters. The molecule has 0 spiro atoms. The monoisotopic (exact) mass is 417 g/mol. The number of hydrogen-bond acceptors (Lipinski definition) is 5. The molecule has 1 saturated heterocycles. The molecule has 0 radical (unpaired) electrons. The molecule has 1 aromatic heterocycles. The molecule has 28 heavy (non-hydrogen) atoms. The van der Waals surface area contributed by atoms with Crippen LogP contribution in [0, 0.1) is 0 Å². The van der Waals surface area contributed by atoms with Gasteiger partial charge in [-0.3, -0.25) is 4.79 Å². The number of piperidine rings is 1. The van der Waals surface area contributed by atoms with E-state index < -0.39 is 17.7 Å². The smallest absolute Gasteiger partial charge is 0.470 e. The number of amides is 1. The summed E-state index contributed by atoms with van der Waals surface area (Å²) in [5.41, 5.74) is -1.10. The van der Waals surface area contributed by atoms with E-state index in [1.807, 2.05) is 0 Å². The second kappa shape index (κ2) is 7.62. The Labute approximate surface area is 164 Å². The molecule has 0 N–H and O–H groups in total. The van der Waals surface area contributed by atoms with E-state index >= 15 is 0 Å². The van der Waals surface area contributed by atoms with Gasteiger partial charge in [-0.25, -0.2) is 0 Å². The number of aromatic nitrogens is 2. The summed E-state index contributed by atoms with van der Waals surface area (Å²) in [6, 6.07) is 6.69. The SMILES string of the molecule is CC(C)(Oc1ccc(Cl)cc1)C(=O)N1CCC(c2nnc(C(F)(F)F)o2)CC1. The molecule has 0 atom stereocenters. The molecular formula is C18H19ClF3N3O3. The summed E-state index contributed by atoms with van der Waals surface area (Å²) in [6.45, 7) is 4.06. The van der Waals surface area contributed by atoms with Crippen LogP contribution in [0.15, 0.2) is 28.7 Å². The topological polar surface area (TPSA) is 68.5 Å². The highest BCUT2D eigenvalue weighted by Gasteiger charge is 2.40. The fraction of sp³-hybridized carbons (Fsp3) is 0.500. The number of carbonyl (C=O) groups excluding carboxylic acids is 1. The number of ether oxygens (including phenoxy) is 1. The van der Waals surface area contributed by atoms with Crippen LogP contribution in [0.4, 0.5) is 13.2 Å². The summed E-state index contributed by atoms with van der Waals surface area (Å²) in [4.78, 5) is 14.5. The lowest BCUT2D eigenvalue weighted by atomic mass is 9.95. The summed E-state index contributed by atoms with van der Waals surface area (Å²) in [6.07, 6.45) is -3.80. The molecule has 1 fully saturated rings. The van der Waals surface area contributed by atoms with E-state index in [4.69, 9.17) is 20.8 Å². The molecule has 10 heteroatoms. The van der Waals surface area contributed by atoms with Crippen molar-refractivity contribution >= 4 is 17.5 Å². The van der Waals surface area contributed by atoms with Crippen molar-refractivity contribution in [2.45, 2.75) is 44.4 Å². The summed E-state index contributed by atoms with van der Waals surface area (Å²) in [5.74, 6) is -1.40. The van der Waals surface area contributed by atoms with Crippen LogP contribution in [0.3, 0.4) is 0 Å². The third-order valence-electron chi connectivity index (χ3n) is 4.52. The molecule has 1 amide bonds. The number of carbonyl (C=O) groups is 1. The highest BCUT2D eigenvalue weighted by molar-refractivity contribution is 6.30. The number of halogens is 4. The van der Waals surface area contributed by atoms with Crippen molar-refractivity contribution in [3.63, 3.8) is 0 Å². The van der Waals surface area contributed by atoms with Gasteiger partial charge in [-0.05, 0) is 51.0 Å². The van der Waals surface area contributed by atoms with Crippen LogP contribution >= 0.6 is 11.6 Å². The van der Waals surface area contributed by atoms with Crippen molar-refractivity contribution in [3.05, 3.63) is 41.1 Å². The van der Waals surface area contributed by atoms with Gasteiger partial charge in [-0.2, -0.15) is 13.2 Å². The lowest BCUT2D eigenvalue weighted by Gasteiger charge is -2.36. The van der Waals surface area contributed by atoms with Crippen molar-refractivity contribution in [1.82, 2.24) is 15.1 Å². The van der Waals surface area contributed by atoms with Crippen LogP contribution in [-0.2, 0) is 11.0 Å². The van der Waals surface area contributed by atoms with Gasteiger partial charge in [0.1, 0.15) is 5.75 Å². The summed E-state index contributed by atoms with van der Waals surface area (Å²) in [5, 5.41) is 7.13. The molecule has 0 saturated carbocycles. The number of benzene rings is 1. The third-order valence-corrected chi connectivity index (χ3v) is 4.77. The van der Waals surface area contributed by atoms with E-state index in [-0.39, 0.29) is 17.7 Å². The predicted octanol–water partition coefficient (Wildman–Crippen LogP) is 4.31. The second-order valence-electron chi connectivity index (χ2n) is 7.08. The second-order valence-corrected chi connectivity index (χ2v) is 7.51. The average molecular weight is 418 g/mol. The molecule has 3 rings (SSSR count). The van der Waals surface area contributed by atoms with Crippen LogP contribution in [0.5, 0.6) is 5.75 Å². The average Bonchev–Trinajstić information content (AvgIpc) is 3.13. The van der Waals surface area contributed by atoms with Crippen LogP contribution in [0.25, 0.3) is 0 Å². The van der Waals surface area contributed by atoms with E-state index in [0.29, 0.717) is 36.7 Å². The van der Waals surface area contributed by atoms with E-state index in [2.05, 4.69) is 10.2 Å². The Morgan fingerprint density at radius 2 is 1.79 bits per heavy atom. The van der Waals surface area contributed by atoms with E-state index in [1.54, 1.807) is 43.0 Å². The maximum absolute atomic E-state index is 12.8. The number of likely N-dealkylation sites (tertiary alicyclic amines) is 1. The van der Waals surface area contributed by atoms with Crippen LogP contribution < -0.4 is 4.74 Å². The van der Waals surface area contributed by atoms with E-state index in [0.717, 1.165) is 0 Å². The Morgan fingerprint density at radius 3 is 2.32 bits per heavy atom. The standard InChI is InChI=1S/C18H19ClF3N3O3/c1-17(2,28-13-5-3-12(19)4-6-13)16(26)25-9-7-11(8-10-25)14-23-24-15(27-14)18(20,21)22/h3-6,11H,7-10H2,1-2H3. The molecule has 2 aromatic rings. The number of hydrogen-bond donors (Lipinski definition) is 0. The van der Waals surface area contributed by atoms with Gasteiger partial charge in [0.25, 0.3) is 5.91 Å². The molecule has 1 aliphatic heterocycles. The van der Waals surface area contributed by atoms with Gasteiger partial charge in [-0.1, -0.05) is 11.6 Å². The Hall–Kier alpha value is -2.29. The van der Waals surface area contributed by atoms with Gasteiger partial charge < -0.3 is 14.1 Å². The maximum atomic E-state index is 12.8.